The summed E-state index contributed by atoms with van der Waals surface area (Å²) in [5, 5.41) is 3.06. The highest BCUT2D eigenvalue weighted by molar-refractivity contribution is 5.74. The van der Waals surface area contributed by atoms with Crippen LogP contribution in [-0.4, -0.2) is 67.1 Å². The van der Waals surface area contributed by atoms with Crippen LogP contribution in [0.2, 0.25) is 0 Å². The summed E-state index contributed by atoms with van der Waals surface area (Å²) >= 11 is 0. The van der Waals surface area contributed by atoms with Crippen LogP contribution in [0.4, 0.5) is 4.79 Å². The van der Waals surface area contributed by atoms with Crippen molar-refractivity contribution in [3.8, 4) is 0 Å². The zero-order valence-electron chi connectivity index (χ0n) is 26.4. The zero-order valence-corrected chi connectivity index (χ0v) is 26.4. The molecule has 7 heteroatoms. The normalized spacial score (nSPS) is 34.4. The Hall–Kier alpha value is -2.12. The molecule has 0 spiro atoms. The number of esters is 1. The third-order valence-corrected chi connectivity index (χ3v) is 9.34. The molecule has 4 aliphatic rings. The standard InChI is InChI=1S/C35H56N2O5/c1-4-28-22-31-24-30-14-12-13-29(40-30)21-26(2)16-17-27(3)33(42-34(38)25-32(23-28)41-31)15-8-5-6-9-18-36-35(39)37-19-10-7-11-20-37/h4,8,15-17,26-27,29-33H,5-7,9-14,18-25H2,1-3H3,(H,36,39). The van der Waals surface area contributed by atoms with Gasteiger partial charge >= 0.3 is 12.0 Å². The van der Waals surface area contributed by atoms with Crippen molar-refractivity contribution < 1.29 is 23.8 Å². The van der Waals surface area contributed by atoms with Crippen molar-refractivity contribution in [2.75, 3.05) is 19.6 Å². The van der Waals surface area contributed by atoms with Crippen LogP contribution in [0, 0.1) is 11.8 Å². The van der Waals surface area contributed by atoms with E-state index in [1.165, 1.54) is 18.4 Å². The molecule has 0 aliphatic carbocycles. The van der Waals surface area contributed by atoms with Gasteiger partial charge in [-0.3, -0.25) is 4.79 Å². The monoisotopic (exact) mass is 584 g/mol. The van der Waals surface area contributed by atoms with Gasteiger partial charge in [0.25, 0.3) is 0 Å². The van der Waals surface area contributed by atoms with Crippen LogP contribution in [0.5, 0.6) is 0 Å². The molecular weight excluding hydrogens is 528 g/mol. The van der Waals surface area contributed by atoms with Crippen molar-refractivity contribution in [3.05, 3.63) is 36.0 Å². The predicted octanol–water partition coefficient (Wildman–Crippen LogP) is 7.26. The summed E-state index contributed by atoms with van der Waals surface area (Å²) in [6, 6.07) is 0.0720. The molecule has 7 unspecified atom stereocenters. The van der Waals surface area contributed by atoms with E-state index in [4.69, 9.17) is 14.2 Å². The van der Waals surface area contributed by atoms with Gasteiger partial charge in [0, 0.05) is 32.0 Å². The summed E-state index contributed by atoms with van der Waals surface area (Å²) in [5.74, 6) is 0.269. The average molecular weight is 585 g/mol. The second kappa shape index (κ2) is 17.2. The topological polar surface area (TPSA) is 77.1 Å². The molecule has 0 aromatic carbocycles. The number of carbonyl (C=O) groups is 2. The Morgan fingerprint density at radius 2 is 1.67 bits per heavy atom. The molecule has 0 aromatic heterocycles. The Morgan fingerprint density at radius 1 is 0.929 bits per heavy atom. The fourth-order valence-electron chi connectivity index (χ4n) is 6.85. The molecule has 4 bridgehead atoms. The summed E-state index contributed by atoms with van der Waals surface area (Å²) in [7, 11) is 0. The van der Waals surface area contributed by atoms with Gasteiger partial charge in [-0.1, -0.05) is 43.7 Å². The number of cyclic esters (lactones) is 1. The van der Waals surface area contributed by atoms with Crippen molar-refractivity contribution >= 4 is 12.0 Å². The van der Waals surface area contributed by atoms with E-state index in [0.29, 0.717) is 18.6 Å². The van der Waals surface area contributed by atoms with Crippen LogP contribution < -0.4 is 5.32 Å². The largest absolute Gasteiger partial charge is 0.457 e. The molecule has 0 radical (unpaired) electrons. The van der Waals surface area contributed by atoms with Crippen LogP contribution >= 0.6 is 0 Å². The second-order valence-corrected chi connectivity index (χ2v) is 13.1. The number of rotatable bonds is 6. The predicted molar refractivity (Wildman–Crippen MR) is 167 cm³/mol. The van der Waals surface area contributed by atoms with Crippen LogP contribution in [-0.2, 0) is 19.0 Å². The van der Waals surface area contributed by atoms with E-state index in [-0.39, 0.29) is 48.8 Å². The number of piperidine rings is 1. The Labute approximate surface area is 254 Å². The fourth-order valence-corrected chi connectivity index (χ4v) is 6.85. The lowest BCUT2D eigenvalue weighted by molar-refractivity contribution is -0.154. The molecule has 4 aliphatic heterocycles. The lowest BCUT2D eigenvalue weighted by Crippen LogP contribution is -2.43. The number of nitrogens with one attached hydrogen (secondary N) is 1. The molecule has 42 heavy (non-hydrogen) atoms. The molecule has 3 fully saturated rings. The number of carbonyl (C=O) groups excluding carboxylic acids is 2. The molecule has 1 N–H and O–H groups in total. The van der Waals surface area contributed by atoms with Crippen molar-refractivity contribution in [3.63, 3.8) is 0 Å². The maximum Gasteiger partial charge on any atom is 0.317 e. The van der Waals surface area contributed by atoms with E-state index in [0.717, 1.165) is 83.7 Å². The third-order valence-electron chi connectivity index (χ3n) is 9.34. The van der Waals surface area contributed by atoms with Crippen LogP contribution in [0.1, 0.15) is 111 Å². The second-order valence-electron chi connectivity index (χ2n) is 13.1. The number of nitrogens with zero attached hydrogens (tertiary/aromatic N) is 1. The minimum Gasteiger partial charge on any atom is -0.457 e. The zero-order chi connectivity index (χ0) is 29.7. The minimum absolute atomic E-state index is 0.0653. The maximum absolute atomic E-state index is 13.2. The van der Waals surface area contributed by atoms with Gasteiger partial charge in [0.2, 0.25) is 0 Å². The summed E-state index contributed by atoms with van der Waals surface area (Å²) < 4.78 is 19.1. The van der Waals surface area contributed by atoms with Crippen molar-refractivity contribution in [1.82, 2.24) is 10.2 Å². The average Bonchev–Trinajstić information content (AvgIpc) is 2.98. The highest BCUT2D eigenvalue weighted by atomic mass is 16.5. The van der Waals surface area contributed by atoms with Crippen molar-refractivity contribution in [1.29, 1.82) is 0 Å². The number of ether oxygens (including phenoxy) is 3. The number of unbranched alkanes of at least 4 members (excludes halogenated alkanes) is 2. The molecule has 2 amide bonds. The van der Waals surface area contributed by atoms with Crippen LogP contribution in [0.15, 0.2) is 36.0 Å². The highest BCUT2D eigenvalue weighted by Crippen LogP contribution is 2.33. The lowest BCUT2D eigenvalue weighted by Gasteiger charge is -2.37. The Bertz CT molecular complexity index is 940. The van der Waals surface area contributed by atoms with Gasteiger partial charge in [0.1, 0.15) is 6.10 Å². The Balaban J connectivity index is 1.33. The molecule has 3 saturated heterocycles. The molecule has 4 heterocycles. The fraction of sp³-hybridized carbons (Fsp3) is 0.771. The Kier molecular flexibility index (Phi) is 13.5. The first kappa shape index (κ1) is 32.8. The first-order valence-electron chi connectivity index (χ1n) is 16.9. The van der Waals surface area contributed by atoms with Gasteiger partial charge in [-0.25, -0.2) is 4.79 Å². The molecule has 236 valence electrons. The summed E-state index contributed by atoms with van der Waals surface area (Å²) in [6.07, 6.45) is 24.6. The first-order valence-corrected chi connectivity index (χ1v) is 16.9. The lowest BCUT2D eigenvalue weighted by atomic mass is 9.90. The van der Waals surface area contributed by atoms with Gasteiger partial charge < -0.3 is 24.4 Å². The molecule has 0 saturated carbocycles. The Morgan fingerprint density at radius 3 is 2.45 bits per heavy atom. The van der Waals surface area contributed by atoms with E-state index in [1.54, 1.807) is 0 Å². The van der Waals surface area contributed by atoms with Gasteiger partial charge in [-0.15, -0.1) is 0 Å². The number of fused-ring (bicyclic) bond motifs is 4. The van der Waals surface area contributed by atoms with Gasteiger partial charge in [-0.2, -0.15) is 0 Å². The number of hydrogen-bond acceptors (Lipinski definition) is 5. The van der Waals surface area contributed by atoms with Gasteiger partial charge in [0.05, 0.1) is 30.8 Å². The third kappa shape index (κ3) is 10.9. The smallest absolute Gasteiger partial charge is 0.317 e. The molecular formula is C35H56N2O5. The van der Waals surface area contributed by atoms with Crippen molar-refractivity contribution in [2.45, 2.75) is 141 Å². The van der Waals surface area contributed by atoms with E-state index in [9.17, 15) is 9.59 Å². The number of amides is 2. The van der Waals surface area contributed by atoms with Crippen LogP contribution in [0.3, 0.4) is 0 Å². The molecule has 0 aromatic rings. The number of hydrogen-bond donors (Lipinski definition) is 1. The van der Waals surface area contributed by atoms with E-state index in [2.05, 4.69) is 56.5 Å². The summed E-state index contributed by atoms with van der Waals surface area (Å²) in [5.41, 5.74) is 1.37. The SMILES string of the molecule is CC=C1CC2CC(=O)OC(C=CCCCCNC(=O)N3CCCCC3)C(C)C=CC(C)CC3CCCC(CC(C1)O2)O3. The summed E-state index contributed by atoms with van der Waals surface area (Å²) in [4.78, 5) is 27.4. The maximum atomic E-state index is 13.2. The molecule has 4 rings (SSSR count). The minimum atomic E-state index is -0.316. The number of allylic oxidation sites excluding steroid dienone is 3. The molecule has 7 nitrogen and oxygen atoms in total. The quantitative estimate of drug-likeness (QED) is 0.202. The molecule has 7 atom stereocenters. The van der Waals surface area contributed by atoms with Gasteiger partial charge in [0.15, 0.2) is 0 Å². The first-order chi connectivity index (χ1) is 20.4. The van der Waals surface area contributed by atoms with Crippen LogP contribution in [0.25, 0.3) is 0 Å². The summed E-state index contributed by atoms with van der Waals surface area (Å²) in [6.45, 7) is 8.92. The van der Waals surface area contributed by atoms with Gasteiger partial charge in [-0.05, 0) is 96.0 Å². The van der Waals surface area contributed by atoms with E-state index in [1.807, 2.05) is 4.90 Å². The van der Waals surface area contributed by atoms with E-state index < -0.39 is 0 Å². The highest BCUT2D eigenvalue weighted by Gasteiger charge is 2.32. The number of likely N-dealkylation sites (tertiary alicyclic amines) is 1. The van der Waals surface area contributed by atoms with E-state index >= 15 is 0 Å². The number of urea groups is 1. The van der Waals surface area contributed by atoms with Crippen molar-refractivity contribution in [2.24, 2.45) is 11.8 Å².